The molecule has 3 aliphatic heterocycles. The number of para-hydroxylation sites is 1. The Balaban J connectivity index is 1.12. The molecule has 1 unspecified atom stereocenters. The molecule has 1 aromatic heterocycles. The van der Waals surface area contributed by atoms with Crippen LogP contribution in [-0.4, -0.2) is 57.9 Å². The Hall–Kier alpha value is -3.92. The van der Waals surface area contributed by atoms with Gasteiger partial charge in [-0.2, -0.15) is 0 Å². The zero-order chi connectivity index (χ0) is 30.2. The van der Waals surface area contributed by atoms with Crippen molar-refractivity contribution >= 4 is 34.2 Å². The Kier molecular flexibility index (Phi) is 8.01. The first kappa shape index (κ1) is 28.8. The number of halogens is 2. The molecule has 4 aromatic rings. The van der Waals surface area contributed by atoms with Crippen molar-refractivity contribution in [2.45, 2.75) is 51.0 Å². The molecular formula is C34H33ClFN3O5. The van der Waals surface area contributed by atoms with Crippen LogP contribution in [-0.2, 0) is 17.8 Å². The first-order valence-corrected chi connectivity index (χ1v) is 15.4. The molecule has 0 spiro atoms. The maximum Gasteiger partial charge on any atom is 0.335 e. The van der Waals surface area contributed by atoms with Crippen molar-refractivity contribution in [1.29, 1.82) is 0 Å². The minimum atomic E-state index is -0.953. The van der Waals surface area contributed by atoms with Crippen LogP contribution in [0.2, 0.25) is 5.02 Å². The Morgan fingerprint density at radius 1 is 1.14 bits per heavy atom. The quantitative estimate of drug-likeness (QED) is 0.241. The molecule has 0 saturated carbocycles. The highest BCUT2D eigenvalue weighted by atomic mass is 35.5. The summed E-state index contributed by atoms with van der Waals surface area (Å²) in [6, 6.07) is 15.6. The molecule has 7 rings (SSSR count). The molecule has 1 fully saturated rings. The number of carbonyl (C=O) groups is 1. The number of hydrogen-bond acceptors (Lipinski definition) is 6. The largest absolute Gasteiger partial charge is 0.485 e. The topological polar surface area (TPSA) is 86.0 Å². The summed E-state index contributed by atoms with van der Waals surface area (Å²) in [6.45, 7) is 3.74. The highest BCUT2D eigenvalue weighted by molar-refractivity contribution is 6.30. The minimum Gasteiger partial charge on any atom is -0.485 e. The molecular weight excluding hydrogens is 585 g/mol. The van der Waals surface area contributed by atoms with Crippen molar-refractivity contribution in [3.8, 4) is 11.5 Å². The van der Waals surface area contributed by atoms with Crippen molar-refractivity contribution in [3.63, 3.8) is 0 Å². The van der Waals surface area contributed by atoms with E-state index in [0.717, 1.165) is 66.8 Å². The number of ether oxygens (including phenoxy) is 3. The second kappa shape index (κ2) is 12.2. The summed E-state index contributed by atoms with van der Waals surface area (Å²) in [5.41, 5.74) is 4.36. The summed E-state index contributed by atoms with van der Waals surface area (Å²) in [5, 5.41) is 9.94. The molecule has 44 heavy (non-hydrogen) atoms. The van der Waals surface area contributed by atoms with Gasteiger partial charge < -0.3 is 23.9 Å². The molecule has 0 aliphatic carbocycles. The van der Waals surface area contributed by atoms with Gasteiger partial charge in [-0.05, 0) is 67.7 Å². The zero-order valence-electron chi connectivity index (χ0n) is 24.2. The van der Waals surface area contributed by atoms with Crippen LogP contribution >= 0.6 is 11.6 Å². The second-order valence-corrected chi connectivity index (χ2v) is 12.0. The van der Waals surface area contributed by atoms with E-state index < -0.39 is 17.9 Å². The number of hydrogen-bond donors (Lipinski definition) is 1. The van der Waals surface area contributed by atoms with Crippen molar-refractivity contribution in [2.24, 2.45) is 0 Å². The molecule has 228 valence electrons. The maximum atomic E-state index is 14.7. The van der Waals surface area contributed by atoms with Gasteiger partial charge in [0.1, 0.15) is 18.2 Å². The van der Waals surface area contributed by atoms with Crippen LogP contribution in [0.3, 0.4) is 0 Å². The van der Waals surface area contributed by atoms with Gasteiger partial charge in [0.05, 0.1) is 35.8 Å². The molecule has 3 aromatic carbocycles. The molecule has 8 nitrogen and oxygen atoms in total. The molecule has 0 bridgehead atoms. The van der Waals surface area contributed by atoms with Gasteiger partial charge in [-0.25, -0.2) is 14.2 Å². The fourth-order valence-electron chi connectivity index (χ4n) is 6.35. The van der Waals surface area contributed by atoms with E-state index in [-0.39, 0.29) is 18.3 Å². The van der Waals surface area contributed by atoms with Crippen molar-refractivity contribution < 1.29 is 28.5 Å². The minimum absolute atomic E-state index is 0.0814. The number of carboxylic acid groups (broad SMARTS) is 1. The number of aromatic carboxylic acids is 1. The average Bonchev–Trinajstić information content (AvgIpc) is 3.37. The summed E-state index contributed by atoms with van der Waals surface area (Å²) in [5.74, 6) is 0.804. The molecule has 4 heterocycles. The van der Waals surface area contributed by atoms with E-state index in [1.165, 1.54) is 6.07 Å². The number of aromatic nitrogens is 2. The third kappa shape index (κ3) is 5.79. The maximum absolute atomic E-state index is 14.7. The fraction of sp³-hybridized carbons (Fsp3) is 0.353. The number of carboxylic acids is 1. The third-order valence-corrected chi connectivity index (χ3v) is 8.91. The zero-order valence-corrected chi connectivity index (χ0v) is 24.9. The monoisotopic (exact) mass is 617 g/mol. The van der Waals surface area contributed by atoms with Crippen LogP contribution in [0.5, 0.6) is 11.5 Å². The summed E-state index contributed by atoms with van der Waals surface area (Å²) < 4.78 is 35.3. The number of nitrogens with zero attached hydrogens (tertiary/aromatic N) is 3. The van der Waals surface area contributed by atoms with Crippen LogP contribution in [0, 0.1) is 5.82 Å². The lowest BCUT2D eigenvalue weighted by Gasteiger charge is -2.31. The molecule has 1 N–H and O–H groups in total. The van der Waals surface area contributed by atoms with Gasteiger partial charge in [0, 0.05) is 35.8 Å². The van der Waals surface area contributed by atoms with E-state index in [9.17, 15) is 14.3 Å². The molecule has 1 saturated heterocycles. The van der Waals surface area contributed by atoms with Gasteiger partial charge in [0.15, 0.2) is 17.6 Å². The lowest BCUT2D eigenvalue weighted by molar-refractivity contribution is 0.00590. The highest BCUT2D eigenvalue weighted by Gasteiger charge is 2.29. The summed E-state index contributed by atoms with van der Waals surface area (Å²) >= 11 is 5.96. The van der Waals surface area contributed by atoms with E-state index in [1.807, 2.05) is 18.2 Å². The molecule has 3 aliphatic rings. The Bertz CT molecular complexity index is 1750. The average molecular weight is 618 g/mol. The highest BCUT2D eigenvalue weighted by Crippen LogP contribution is 2.43. The van der Waals surface area contributed by atoms with Gasteiger partial charge >= 0.3 is 5.97 Å². The fourth-order valence-corrected chi connectivity index (χ4v) is 6.50. The van der Waals surface area contributed by atoms with E-state index in [4.69, 9.17) is 30.8 Å². The normalized spacial score (nSPS) is 20.5. The molecule has 2 atom stereocenters. The molecule has 10 heteroatoms. The first-order chi connectivity index (χ1) is 21.4. The predicted octanol–water partition coefficient (Wildman–Crippen LogP) is 6.90. The van der Waals surface area contributed by atoms with Crippen molar-refractivity contribution in [2.75, 3.05) is 26.3 Å². The van der Waals surface area contributed by atoms with Gasteiger partial charge in [-0.15, -0.1) is 0 Å². The van der Waals surface area contributed by atoms with Crippen LogP contribution in [0.25, 0.3) is 16.6 Å². The predicted molar refractivity (Wildman–Crippen MR) is 165 cm³/mol. The smallest absolute Gasteiger partial charge is 0.335 e. The van der Waals surface area contributed by atoms with Gasteiger partial charge in [-0.3, -0.25) is 4.90 Å². The summed E-state index contributed by atoms with van der Waals surface area (Å²) in [7, 11) is 0. The van der Waals surface area contributed by atoms with E-state index in [2.05, 4.69) is 15.5 Å². The lowest BCUT2D eigenvalue weighted by Crippen LogP contribution is -2.31. The first-order valence-electron chi connectivity index (χ1n) is 15.1. The Morgan fingerprint density at radius 3 is 2.82 bits per heavy atom. The van der Waals surface area contributed by atoms with Crippen LogP contribution in [0.1, 0.15) is 59.1 Å². The van der Waals surface area contributed by atoms with Crippen LogP contribution < -0.4 is 9.47 Å². The van der Waals surface area contributed by atoms with Gasteiger partial charge in [-0.1, -0.05) is 35.9 Å². The van der Waals surface area contributed by atoms with Crippen molar-refractivity contribution in [3.05, 3.63) is 94.0 Å². The van der Waals surface area contributed by atoms with Crippen LogP contribution in [0.15, 0.2) is 60.7 Å². The van der Waals surface area contributed by atoms with Gasteiger partial charge in [0.25, 0.3) is 0 Å². The Labute approximate surface area is 259 Å². The second-order valence-electron chi connectivity index (χ2n) is 11.6. The standard InChI is InChI=1S/C34H33ClFN3O5/c35-23-8-9-26(27(36)17-23)31-20-43-30-6-3-5-25(33(30)44-31)21-11-13-38(14-12-21)19-32-37-28-10-7-22(34(40)41)16-29(28)39(32)18-24-4-1-2-15-42-24/h3,5-11,16-17,24,31H,1-2,4,12-15,18-20H2,(H,40,41)/t24?,31-/m1/s1. The van der Waals surface area contributed by atoms with Gasteiger partial charge in [0.2, 0.25) is 0 Å². The van der Waals surface area contributed by atoms with E-state index >= 15 is 0 Å². The molecule has 0 radical (unpaired) electrons. The lowest BCUT2D eigenvalue weighted by atomic mass is 9.97. The third-order valence-electron chi connectivity index (χ3n) is 8.68. The summed E-state index contributed by atoms with van der Waals surface area (Å²) in [4.78, 5) is 19.0. The number of fused-ring (bicyclic) bond motifs is 2. The van der Waals surface area contributed by atoms with E-state index in [1.54, 1.807) is 30.3 Å². The van der Waals surface area contributed by atoms with E-state index in [0.29, 0.717) is 41.7 Å². The number of rotatable bonds is 7. The molecule has 0 amide bonds. The summed E-state index contributed by atoms with van der Waals surface area (Å²) in [6.07, 6.45) is 5.66. The SMILES string of the molecule is O=C(O)c1ccc2nc(CN3CC=C(c4cccc5c4O[C@@H](c4ccc(Cl)cc4F)CO5)CC3)n(CC3CCCCO3)c2c1. The van der Waals surface area contributed by atoms with Crippen molar-refractivity contribution in [1.82, 2.24) is 14.5 Å². The number of imidazole rings is 1. The number of benzene rings is 3. The van der Waals surface area contributed by atoms with Crippen LogP contribution in [0.4, 0.5) is 4.39 Å². The Morgan fingerprint density at radius 2 is 2.05 bits per heavy atom.